The molecule has 0 spiro atoms. The second kappa shape index (κ2) is 4.44. The number of nitro benzene ring substituents is 2. The van der Waals surface area contributed by atoms with E-state index in [1.54, 1.807) is 18.5 Å². The highest BCUT2D eigenvalue weighted by Gasteiger charge is 2.23. The summed E-state index contributed by atoms with van der Waals surface area (Å²) in [6, 6.07) is 3.42. The van der Waals surface area contributed by atoms with Gasteiger partial charge < -0.3 is 4.57 Å². The summed E-state index contributed by atoms with van der Waals surface area (Å²) in [7, 11) is 1.66. The van der Waals surface area contributed by atoms with Crippen LogP contribution in [0.25, 0.3) is 11.4 Å². The van der Waals surface area contributed by atoms with E-state index in [0.717, 1.165) is 6.07 Å². The number of non-ortho nitro benzene ring substituents is 1. The third-order valence-corrected chi connectivity index (χ3v) is 2.72. The molecule has 9 heteroatoms. The average Bonchev–Trinajstić information content (AvgIpc) is 2.69. The first kappa shape index (κ1) is 12.6. The highest BCUT2D eigenvalue weighted by Crippen LogP contribution is 2.31. The number of hydrogen-bond acceptors (Lipinski definition) is 6. The monoisotopic (exact) mass is 263 g/mol. The van der Waals surface area contributed by atoms with Crippen LogP contribution in [0.2, 0.25) is 0 Å². The Hall–Kier alpha value is -2.84. The van der Waals surface area contributed by atoms with E-state index in [1.165, 1.54) is 12.1 Å². The van der Waals surface area contributed by atoms with Gasteiger partial charge in [-0.1, -0.05) is 0 Å². The van der Waals surface area contributed by atoms with Gasteiger partial charge >= 0.3 is 0 Å². The van der Waals surface area contributed by atoms with Gasteiger partial charge in [0.15, 0.2) is 5.82 Å². The summed E-state index contributed by atoms with van der Waals surface area (Å²) in [4.78, 5) is 20.3. The number of rotatable bonds is 3. The number of hydrogen-bond donors (Lipinski definition) is 0. The number of benzene rings is 1. The van der Waals surface area contributed by atoms with Gasteiger partial charge in [-0.25, -0.2) is 0 Å². The minimum atomic E-state index is -0.682. The number of aryl methyl sites for hydroxylation is 1. The first-order chi connectivity index (χ1) is 8.91. The molecule has 0 saturated heterocycles. The van der Waals surface area contributed by atoms with Crippen LogP contribution in [-0.2, 0) is 7.05 Å². The van der Waals surface area contributed by atoms with Gasteiger partial charge in [-0.2, -0.15) is 0 Å². The van der Waals surface area contributed by atoms with Crippen molar-refractivity contribution in [1.29, 1.82) is 0 Å². The van der Waals surface area contributed by atoms with E-state index in [4.69, 9.17) is 0 Å². The highest BCUT2D eigenvalue weighted by molar-refractivity contribution is 5.70. The maximum Gasteiger partial charge on any atom is 0.287 e. The molecule has 98 valence electrons. The Morgan fingerprint density at radius 2 is 1.84 bits per heavy atom. The van der Waals surface area contributed by atoms with E-state index in [2.05, 4.69) is 10.2 Å². The molecule has 1 heterocycles. The Morgan fingerprint density at radius 1 is 1.16 bits per heavy atom. The molecule has 2 rings (SSSR count). The molecule has 0 aliphatic rings. The maximum atomic E-state index is 11.0. The third kappa shape index (κ3) is 2.12. The van der Waals surface area contributed by atoms with Crippen LogP contribution in [0.5, 0.6) is 0 Å². The Kier molecular flexibility index (Phi) is 2.95. The van der Waals surface area contributed by atoms with Crippen LogP contribution in [0.15, 0.2) is 18.2 Å². The molecule has 1 aromatic heterocycles. The predicted molar refractivity (Wildman–Crippen MR) is 64.5 cm³/mol. The molecule has 0 bridgehead atoms. The first-order valence-corrected chi connectivity index (χ1v) is 5.21. The van der Waals surface area contributed by atoms with E-state index in [1.807, 2.05) is 0 Å². The Balaban J connectivity index is 2.67. The molecule has 0 fully saturated rings. The van der Waals surface area contributed by atoms with Crippen molar-refractivity contribution in [1.82, 2.24) is 14.8 Å². The fraction of sp³-hybridized carbons (Fsp3) is 0.200. The molecule has 0 amide bonds. The Bertz CT molecular complexity index is 679. The lowest BCUT2D eigenvalue weighted by atomic mass is 10.1. The van der Waals surface area contributed by atoms with E-state index in [9.17, 15) is 20.2 Å². The van der Waals surface area contributed by atoms with Gasteiger partial charge in [0, 0.05) is 13.1 Å². The van der Waals surface area contributed by atoms with E-state index in [0.29, 0.717) is 11.6 Å². The zero-order valence-electron chi connectivity index (χ0n) is 10.1. The molecule has 0 atom stereocenters. The molecule has 1 aromatic carbocycles. The average molecular weight is 263 g/mol. The van der Waals surface area contributed by atoms with Crippen molar-refractivity contribution >= 4 is 11.4 Å². The highest BCUT2D eigenvalue weighted by atomic mass is 16.6. The van der Waals surface area contributed by atoms with Crippen LogP contribution in [0, 0.1) is 27.2 Å². The molecule has 9 nitrogen and oxygen atoms in total. The van der Waals surface area contributed by atoms with Crippen LogP contribution >= 0.6 is 0 Å². The van der Waals surface area contributed by atoms with E-state index in [-0.39, 0.29) is 16.9 Å². The summed E-state index contributed by atoms with van der Waals surface area (Å²) in [5.74, 6) is 0.877. The smallest absolute Gasteiger partial charge is 0.287 e. The zero-order chi connectivity index (χ0) is 14.2. The van der Waals surface area contributed by atoms with Crippen molar-refractivity contribution < 1.29 is 9.85 Å². The van der Waals surface area contributed by atoms with E-state index >= 15 is 0 Å². The molecular weight excluding hydrogens is 254 g/mol. The van der Waals surface area contributed by atoms with Crippen molar-refractivity contribution in [2.45, 2.75) is 6.92 Å². The molecular formula is C10H9N5O4. The summed E-state index contributed by atoms with van der Waals surface area (Å²) >= 11 is 0. The topological polar surface area (TPSA) is 117 Å². The standard InChI is InChI=1S/C10H9N5O4/c1-6-11-12-10(13(6)2)8-4-3-7(14(16)17)5-9(8)15(18)19/h3-5H,1-2H3. The lowest BCUT2D eigenvalue weighted by Gasteiger charge is -2.03. The molecule has 19 heavy (non-hydrogen) atoms. The number of aromatic nitrogens is 3. The van der Waals surface area contributed by atoms with Gasteiger partial charge in [0.1, 0.15) is 5.82 Å². The summed E-state index contributed by atoms with van der Waals surface area (Å²) in [6.07, 6.45) is 0. The molecule has 0 aliphatic carbocycles. The SMILES string of the molecule is Cc1nnc(-c2ccc([N+](=O)[O-])cc2[N+](=O)[O-])n1C. The van der Waals surface area contributed by atoms with Crippen molar-refractivity contribution in [3.8, 4) is 11.4 Å². The molecule has 0 aliphatic heterocycles. The lowest BCUT2D eigenvalue weighted by Crippen LogP contribution is -2.00. The summed E-state index contributed by atoms with van der Waals surface area (Å²) in [5.41, 5.74) is -0.516. The quantitative estimate of drug-likeness (QED) is 0.613. The summed E-state index contributed by atoms with van der Waals surface area (Å²) in [6.45, 7) is 1.70. The molecule has 0 radical (unpaired) electrons. The molecule has 0 saturated carbocycles. The van der Waals surface area contributed by atoms with Crippen LogP contribution in [0.1, 0.15) is 5.82 Å². The minimum Gasteiger partial charge on any atom is -0.314 e. The van der Waals surface area contributed by atoms with Crippen molar-refractivity contribution in [2.24, 2.45) is 7.05 Å². The third-order valence-electron chi connectivity index (χ3n) is 2.72. The fourth-order valence-corrected chi connectivity index (χ4v) is 1.62. The summed E-state index contributed by atoms with van der Waals surface area (Å²) < 4.78 is 1.58. The first-order valence-electron chi connectivity index (χ1n) is 5.21. The van der Waals surface area contributed by atoms with Crippen LogP contribution in [0.4, 0.5) is 11.4 Å². The van der Waals surface area contributed by atoms with Gasteiger partial charge in [0.25, 0.3) is 11.4 Å². The van der Waals surface area contributed by atoms with Gasteiger partial charge in [-0.15, -0.1) is 10.2 Å². The van der Waals surface area contributed by atoms with Gasteiger partial charge in [-0.05, 0) is 13.0 Å². The molecule has 0 N–H and O–H groups in total. The van der Waals surface area contributed by atoms with Crippen molar-refractivity contribution in [3.63, 3.8) is 0 Å². The maximum absolute atomic E-state index is 11.0. The second-order valence-electron chi connectivity index (χ2n) is 3.85. The van der Waals surface area contributed by atoms with E-state index < -0.39 is 9.85 Å². The normalized spacial score (nSPS) is 10.4. The molecule has 0 unspecified atom stereocenters. The Morgan fingerprint density at radius 3 is 2.32 bits per heavy atom. The zero-order valence-corrected chi connectivity index (χ0v) is 10.1. The van der Waals surface area contributed by atoms with Gasteiger partial charge in [0.05, 0.1) is 21.5 Å². The van der Waals surface area contributed by atoms with Gasteiger partial charge in [0.2, 0.25) is 0 Å². The predicted octanol–water partition coefficient (Wildman–Crippen LogP) is 1.61. The van der Waals surface area contributed by atoms with Gasteiger partial charge in [-0.3, -0.25) is 20.2 Å². The summed E-state index contributed by atoms with van der Waals surface area (Å²) in [5, 5.41) is 29.3. The largest absolute Gasteiger partial charge is 0.314 e. The fourth-order valence-electron chi connectivity index (χ4n) is 1.62. The van der Waals surface area contributed by atoms with Crippen molar-refractivity contribution in [2.75, 3.05) is 0 Å². The molecule has 2 aromatic rings. The number of nitrogens with zero attached hydrogens (tertiary/aromatic N) is 5. The minimum absolute atomic E-state index is 0.193. The number of nitro groups is 2. The van der Waals surface area contributed by atoms with Crippen molar-refractivity contribution in [3.05, 3.63) is 44.3 Å². The second-order valence-corrected chi connectivity index (χ2v) is 3.85. The van der Waals surface area contributed by atoms with Crippen LogP contribution in [0.3, 0.4) is 0 Å². The Labute approximate surface area is 106 Å². The van der Waals surface area contributed by atoms with Crippen LogP contribution in [-0.4, -0.2) is 24.6 Å². The van der Waals surface area contributed by atoms with Crippen LogP contribution < -0.4 is 0 Å². The lowest BCUT2D eigenvalue weighted by molar-refractivity contribution is -0.393.